The highest BCUT2D eigenvalue weighted by atomic mass is 32.2. The lowest BCUT2D eigenvalue weighted by Crippen LogP contribution is -2.69. The number of ether oxygens (including phenoxy) is 5. The van der Waals surface area contributed by atoms with Gasteiger partial charge in [0.15, 0.2) is 0 Å². The molecule has 316 valence electrons. The maximum atomic E-state index is 13.9. The number of carbonyl (C=O) groups is 1. The number of carbonyl (C=O) groups excluding carboxylic acids is 1. The van der Waals surface area contributed by atoms with Crippen molar-refractivity contribution in [2.45, 2.75) is 99.6 Å². The highest BCUT2D eigenvalue weighted by Crippen LogP contribution is 2.62. The van der Waals surface area contributed by atoms with Crippen LogP contribution in [0.4, 0.5) is 4.79 Å². The van der Waals surface area contributed by atoms with Gasteiger partial charge in [-0.1, -0.05) is 54.4 Å². The number of oxime groups is 1. The van der Waals surface area contributed by atoms with Crippen LogP contribution in [0.1, 0.15) is 82.1 Å². The van der Waals surface area contributed by atoms with Crippen molar-refractivity contribution in [1.29, 1.82) is 0 Å². The molecule has 7 unspecified atom stereocenters. The van der Waals surface area contributed by atoms with E-state index in [0.717, 1.165) is 73.3 Å². The number of hydrogen-bond acceptors (Lipinski definition) is 11. The number of aliphatic hydroxyl groups is 2. The first kappa shape index (κ1) is 43.8. The standard InChI is InChI=1S/C46H62N2O9S/c1-4-6-26-54-45(51)48(3)41-32-39(47-57-42-20-12-15-27-53-42)37-30-33(16-10-13-23-49)36(19-11-14-24-50)43-38-31-34(52-28-29-58-35-17-8-7-9-18-35)21-22-40(38)56-46(41,44(37)43)55-25-5-2/h4-5,7-9,17-18,21-22,30-31,33,36,41-44,49-50H,1-2,6,10-16,19-20,23-29,32H2,3H3. The smallest absolute Gasteiger partial charge is 0.409 e. The minimum absolute atomic E-state index is 0.102. The Hall–Kier alpha value is -3.81. The second-order valence-corrected chi connectivity index (χ2v) is 16.7. The molecule has 2 aliphatic heterocycles. The lowest BCUT2D eigenvalue weighted by molar-refractivity contribution is -0.254. The quantitative estimate of drug-likeness (QED) is 0.0516. The number of amides is 1. The SMILES string of the molecule is C=CCCOC(=O)N(C)C1CC(=NOC2CCCCO2)C2=CC(CCCCO)C(CCCCO)C3c4cc(OCCSc5ccccc5)ccc4OC1(OCC=C)C23. The molecular weight excluding hydrogens is 757 g/mol. The molecule has 0 radical (unpaired) electrons. The summed E-state index contributed by atoms with van der Waals surface area (Å²) in [4.78, 5) is 22.9. The molecule has 2 aromatic rings. The Kier molecular flexibility index (Phi) is 16.6. The van der Waals surface area contributed by atoms with Crippen molar-refractivity contribution in [3.05, 3.63) is 91.1 Å². The number of hydrogen-bond donors (Lipinski definition) is 2. The molecule has 1 saturated carbocycles. The fraction of sp³-hybridized carbons (Fsp3) is 0.565. The van der Waals surface area contributed by atoms with Crippen molar-refractivity contribution in [2.75, 3.05) is 52.4 Å². The van der Waals surface area contributed by atoms with Gasteiger partial charge in [-0.25, -0.2) is 4.79 Å². The van der Waals surface area contributed by atoms with E-state index in [1.807, 2.05) is 30.3 Å². The second kappa shape index (κ2) is 22.0. The Bertz CT molecular complexity index is 1700. The molecule has 2 fully saturated rings. The van der Waals surface area contributed by atoms with Crippen molar-refractivity contribution in [3.8, 4) is 11.5 Å². The van der Waals surface area contributed by atoms with Crippen LogP contribution in [0.15, 0.2) is 95.5 Å². The summed E-state index contributed by atoms with van der Waals surface area (Å²) in [6.45, 7) is 9.53. The van der Waals surface area contributed by atoms with Gasteiger partial charge in [0.2, 0.25) is 12.1 Å². The van der Waals surface area contributed by atoms with E-state index in [4.69, 9.17) is 33.7 Å². The van der Waals surface area contributed by atoms with Crippen LogP contribution in [0, 0.1) is 17.8 Å². The number of unbranched alkanes of at least 4 members (excludes halogenated alkanes) is 2. The van der Waals surface area contributed by atoms with E-state index in [-0.39, 0.29) is 50.6 Å². The Labute approximate surface area is 348 Å². The Morgan fingerprint density at radius 1 is 1.03 bits per heavy atom. The van der Waals surface area contributed by atoms with Gasteiger partial charge in [0.05, 0.1) is 38.1 Å². The Balaban J connectivity index is 1.47. The summed E-state index contributed by atoms with van der Waals surface area (Å²) in [5.41, 5.74) is 2.70. The van der Waals surface area contributed by atoms with E-state index in [2.05, 4.69) is 37.4 Å². The highest BCUT2D eigenvalue weighted by Gasteiger charge is 2.65. The molecule has 1 amide bonds. The van der Waals surface area contributed by atoms with Crippen LogP contribution in [-0.4, -0.2) is 97.5 Å². The monoisotopic (exact) mass is 818 g/mol. The Morgan fingerprint density at radius 2 is 1.84 bits per heavy atom. The maximum absolute atomic E-state index is 13.9. The van der Waals surface area contributed by atoms with E-state index < -0.39 is 30.1 Å². The van der Waals surface area contributed by atoms with E-state index in [1.54, 1.807) is 35.9 Å². The van der Waals surface area contributed by atoms with E-state index in [0.29, 0.717) is 38.2 Å². The minimum Gasteiger partial charge on any atom is -0.493 e. The third kappa shape index (κ3) is 10.5. The fourth-order valence-corrected chi connectivity index (χ4v) is 9.78. The molecular formula is C46H62N2O9S. The topological polar surface area (TPSA) is 129 Å². The predicted molar refractivity (Wildman–Crippen MR) is 226 cm³/mol. The number of nitrogens with zero attached hydrogens (tertiary/aromatic N) is 2. The highest BCUT2D eigenvalue weighted by molar-refractivity contribution is 7.99. The van der Waals surface area contributed by atoms with Gasteiger partial charge in [0.25, 0.3) is 0 Å². The van der Waals surface area contributed by atoms with Crippen molar-refractivity contribution in [2.24, 2.45) is 22.9 Å². The van der Waals surface area contributed by atoms with Gasteiger partial charge in [-0.2, -0.15) is 0 Å². The molecule has 2 heterocycles. The first-order valence-corrected chi connectivity index (χ1v) is 22.1. The normalized spacial score (nSPS) is 26.7. The van der Waals surface area contributed by atoms with Crippen LogP contribution in [0.25, 0.3) is 0 Å². The van der Waals surface area contributed by atoms with Crippen molar-refractivity contribution < 1.29 is 43.5 Å². The first-order chi connectivity index (χ1) is 28.4. The average Bonchev–Trinajstić information content (AvgIpc) is 3.25. The zero-order valence-corrected chi connectivity index (χ0v) is 34.8. The van der Waals surface area contributed by atoms with Crippen LogP contribution in [0.3, 0.4) is 0 Å². The molecule has 7 atom stereocenters. The fourth-order valence-electron chi connectivity index (χ4n) is 9.03. The minimum atomic E-state index is -1.36. The van der Waals surface area contributed by atoms with Crippen LogP contribution < -0.4 is 9.47 Å². The molecule has 4 aliphatic rings. The van der Waals surface area contributed by atoms with Gasteiger partial charge < -0.3 is 43.6 Å². The summed E-state index contributed by atoms with van der Waals surface area (Å²) in [6.07, 6.45) is 13.1. The molecule has 1 saturated heterocycles. The Morgan fingerprint density at radius 3 is 2.59 bits per heavy atom. The van der Waals surface area contributed by atoms with Gasteiger partial charge in [0, 0.05) is 55.2 Å². The summed E-state index contributed by atoms with van der Waals surface area (Å²) in [6, 6.07) is 15.7. The lowest BCUT2D eigenvalue weighted by Gasteiger charge is -2.59. The molecule has 2 aromatic carbocycles. The molecule has 58 heavy (non-hydrogen) atoms. The van der Waals surface area contributed by atoms with Gasteiger partial charge in [-0.05, 0) is 92.7 Å². The largest absolute Gasteiger partial charge is 0.493 e. The summed E-state index contributed by atoms with van der Waals surface area (Å²) in [7, 11) is 1.73. The number of allylic oxidation sites excluding steroid dienone is 1. The third-order valence-electron chi connectivity index (χ3n) is 11.7. The zero-order chi connectivity index (χ0) is 40.7. The van der Waals surface area contributed by atoms with E-state index in [9.17, 15) is 15.0 Å². The summed E-state index contributed by atoms with van der Waals surface area (Å²) in [5, 5.41) is 24.6. The molecule has 0 bridgehead atoms. The predicted octanol–water partition coefficient (Wildman–Crippen LogP) is 8.66. The van der Waals surface area contributed by atoms with E-state index >= 15 is 0 Å². The molecule has 6 rings (SSSR count). The number of fused-ring (bicyclic) bond motifs is 2. The molecule has 11 nitrogen and oxygen atoms in total. The molecule has 0 aromatic heterocycles. The van der Waals surface area contributed by atoms with Crippen LogP contribution >= 0.6 is 11.8 Å². The number of likely N-dealkylation sites (N-methyl/N-ethyl adjacent to an activating group) is 1. The lowest BCUT2D eigenvalue weighted by atomic mass is 9.55. The van der Waals surface area contributed by atoms with Crippen molar-refractivity contribution in [1.82, 2.24) is 4.90 Å². The van der Waals surface area contributed by atoms with Crippen molar-refractivity contribution in [3.63, 3.8) is 0 Å². The molecule has 2 N–H and O–H groups in total. The second-order valence-electron chi connectivity index (χ2n) is 15.5. The number of benzene rings is 2. The van der Waals surface area contributed by atoms with Gasteiger partial charge in [-0.3, -0.25) is 0 Å². The van der Waals surface area contributed by atoms with Gasteiger partial charge in [-0.15, -0.1) is 24.9 Å². The first-order valence-electron chi connectivity index (χ1n) is 21.1. The number of thioether (sulfide) groups is 1. The molecule has 12 heteroatoms. The van der Waals surface area contributed by atoms with Gasteiger partial charge in [0.1, 0.15) is 17.5 Å². The van der Waals surface area contributed by atoms with Crippen LogP contribution in [-0.2, 0) is 19.0 Å². The third-order valence-corrected chi connectivity index (χ3v) is 12.7. The van der Waals surface area contributed by atoms with Crippen LogP contribution in [0.5, 0.6) is 11.5 Å². The molecule has 0 spiro atoms. The van der Waals surface area contributed by atoms with Gasteiger partial charge >= 0.3 is 6.09 Å². The van der Waals surface area contributed by atoms with Crippen LogP contribution in [0.2, 0.25) is 0 Å². The summed E-state index contributed by atoms with van der Waals surface area (Å²) < 4.78 is 32.3. The van der Waals surface area contributed by atoms with Crippen molar-refractivity contribution >= 4 is 23.6 Å². The maximum Gasteiger partial charge on any atom is 0.409 e. The number of rotatable bonds is 22. The molecule has 2 aliphatic carbocycles. The summed E-state index contributed by atoms with van der Waals surface area (Å²) in [5.74, 6) is 0.489. The average molecular weight is 819 g/mol. The summed E-state index contributed by atoms with van der Waals surface area (Å²) >= 11 is 1.75. The zero-order valence-electron chi connectivity index (χ0n) is 34.0. The number of aliphatic hydroxyl groups excluding tert-OH is 2. The van der Waals surface area contributed by atoms with E-state index in [1.165, 1.54) is 4.90 Å².